The van der Waals surface area contributed by atoms with Crippen molar-refractivity contribution in [3.63, 3.8) is 0 Å². The lowest BCUT2D eigenvalue weighted by molar-refractivity contribution is -0.378. The van der Waals surface area contributed by atoms with E-state index in [1.165, 1.54) is 41.4 Å². The molecule has 4 amide bonds. The van der Waals surface area contributed by atoms with Gasteiger partial charge in [-0.1, -0.05) is 76.2 Å². The van der Waals surface area contributed by atoms with Gasteiger partial charge >= 0.3 is 32.7 Å². The van der Waals surface area contributed by atoms with Gasteiger partial charge in [-0.3, -0.25) is 76.7 Å². The second-order valence-corrected chi connectivity index (χ2v) is 35.6. The molecule has 8 N–H and O–H groups in total. The molecule has 10 aromatic heterocycles. The van der Waals surface area contributed by atoms with Crippen LogP contribution in [0.4, 0.5) is 23.5 Å². The molecule has 0 spiro atoms. The molecule has 4 aliphatic rings. The smallest absolute Gasteiger partial charge is 0.333 e. The lowest BCUT2D eigenvalue weighted by Gasteiger charge is -2.27. The number of thiol groups is 2. The number of pyridine rings is 2. The van der Waals surface area contributed by atoms with Gasteiger partial charge in [0.2, 0.25) is 23.7 Å². The molecular formula is C82H95N25O20P4S4+2. The Balaban J connectivity index is 0.000000223. The quantitative estimate of drug-likeness (QED) is 0.0103. The van der Waals surface area contributed by atoms with E-state index in [0.29, 0.717) is 64.2 Å². The maximum absolute atomic E-state index is 12.9. The topological polar surface area (TPSA) is 575 Å². The summed E-state index contributed by atoms with van der Waals surface area (Å²) in [7, 11) is -3.30. The van der Waals surface area contributed by atoms with Crippen molar-refractivity contribution in [3.05, 3.63) is 192 Å². The van der Waals surface area contributed by atoms with E-state index in [4.69, 9.17) is 72.2 Å². The Morgan fingerprint density at radius 1 is 0.548 bits per heavy atom. The zero-order valence-electron chi connectivity index (χ0n) is 72.9. The van der Waals surface area contributed by atoms with Crippen LogP contribution in [0.1, 0.15) is 132 Å². The fraction of sp³-hybridized carbons (Fsp3) is 0.402. The SMILES string of the molecule is CC#N.CC(C)C(=O)Nc1nc2c(ncn2[C@@H]2O[C@H](COP(=S)(OCCC#N)O[C@H]3C[C@H](n4cnc5c(NC(=O)c6ccccc6)ncnc54)O[C@@H]3CCS)C[C@H]2OP=O)c(=O)[nH]1.CC(C)C(=O)Nc1nc2c(ncn2[C@@H]2O[C@H](COP(OCCC#N)O[C@H]3C[C@H](n4cnc5c(NC(=O)c6ccccc6)ncnc54)O[C@@H]3CCS)C[C@H]2OP=O)c(=O)[nH]1.S.c1cc[nH+]cc1.c1cc[nH+]cc1. The number of ether oxygens (including phenoxy) is 4. The second kappa shape index (κ2) is 52.2. The maximum Gasteiger partial charge on any atom is 0.333 e. The van der Waals surface area contributed by atoms with E-state index in [0.717, 1.165) is 0 Å². The molecule has 45 nitrogen and oxygen atoms in total. The van der Waals surface area contributed by atoms with Gasteiger partial charge in [-0.2, -0.15) is 64.5 Å². The minimum Gasteiger partial charge on any atom is -0.352 e. The first-order valence-electron chi connectivity index (χ1n) is 41.7. The fourth-order valence-corrected chi connectivity index (χ4v) is 18.2. The number of hydrogen-bond acceptors (Lipinski definition) is 36. The lowest BCUT2D eigenvalue weighted by atomic mass is 10.1. The zero-order valence-corrected chi connectivity index (χ0v) is 80.0. The third kappa shape index (κ3) is 28.2. The first-order valence-corrected chi connectivity index (χ1v) is 48.1. The first kappa shape index (κ1) is 104. The normalized spacial score (nSPS) is 20.6. The van der Waals surface area contributed by atoms with Crippen LogP contribution in [0.2, 0.25) is 0 Å². The number of amides is 4. The van der Waals surface area contributed by atoms with Crippen LogP contribution in [0.5, 0.6) is 0 Å². The van der Waals surface area contributed by atoms with Crippen molar-refractivity contribution in [1.82, 2.24) is 78.1 Å². The minimum absolute atomic E-state index is 0. The number of aromatic amines is 4. The molecule has 12 aromatic rings. The molecule has 0 radical (unpaired) electrons. The van der Waals surface area contributed by atoms with Gasteiger partial charge in [-0.15, -0.1) is 0 Å². The molecule has 710 valence electrons. The number of aromatic nitrogens is 18. The summed E-state index contributed by atoms with van der Waals surface area (Å²) in [5.74, 6) is -0.910. The molecule has 14 heterocycles. The standard InChI is InChI=1S/C35H39N11O10P2S2.C35H39N11O10P2S.2C5H5N.C2H3N.H2S/c1-19(2)31(47)43-35-42-30-27(33(49)44-35)40-18-46(30)34-24(55-57-50)13-21(53-34)15-52-58(60,51-11-6-10-36)56-23-14-25(54-22(23)9-12-59)45-17-39-26-28(37-16-38-29(26)45)41-32(48)20-7-4-3-5-8-20;1-19(2)31(47)43-35-42-30-27(33(49)44-35)40-18-46(30)34-24(55-57-50)13-21(53-34)15-52-58(51-11-6-10-36)56-23-14-25(54-22(23)9-12-59)45-17-39-26-28(37-16-38-29(26)45)41-32(48)20-7-4-3-5-8-20;2*1-2-4-6-5-3-1;1-2-3;/h3-5,7-8,16-19,21-25,34,59H,6,9,11-15H2,1-2H3,(H,37,38,41,48)(H2,42,43,44,47,49);3-5,7-8,16-19,21-25,34,59H,6,9,11-15H2,1-2H3,(H,37,38,41,48)(H2,42,43,44,47,49);2*1-5H;1H3;1H2/p+2/t2*21-,22+,23-,24+,25+,34+,58?;;;;/m00..../s1. The molecule has 135 heavy (non-hydrogen) atoms. The molecule has 0 aliphatic carbocycles. The molecule has 4 fully saturated rings. The third-order valence-electron chi connectivity index (χ3n) is 20.0. The highest BCUT2D eigenvalue weighted by Crippen LogP contribution is 2.55. The Hall–Kier alpha value is -11.3. The average Bonchev–Trinajstić information content (AvgIpc) is 1.64. The summed E-state index contributed by atoms with van der Waals surface area (Å²) in [5, 5.41) is 36.6. The zero-order chi connectivity index (χ0) is 95.0. The van der Waals surface area contributed by atoms with Crippen LogP contribution in [-0.4, -0.2) is 188 Å². The van der Waals surface area contributed by atoms with E-state index < -0.39 is 118 Å². The molecule has 4 aliphatic heterocycles. The number of fused-ring (bicyclic) bond motifs is 4. The number of carbonyl (C=O) groups is 4. The molecule has 53 heteroatoms. The van der Waals surface area contributed by atoms with Crippen LogP contribution in [0.15, 0.2) is 169 Å². The van der Waals surface area contributed by atoms with Crippen LogP contribution in [0.25, 0.3) is 44.7 Å². The number of nitrogens with zero attached hydrogens (tertiary/aromatic N) is 17. The summed E-state index contributed by atoms with van der Waals surface area (Å²) in [6.45, 7) is 4.32. The Kier molecular flexibility index (Phi) is 40.3. The van der Waals surface area contributed by atoms with E-state index >= 15 is 0 Å². The minimum atomic E-state index is -3.63. The van der Waals surface area contributed by atoms with Gasteiger partial charge in [0.15, 0.2) is 93.5 Å². The van der Waals surface area contributed by atoms with Crippen LogP contribution in [0, 0.1) is 45.8 Å². The number of rotatable bonds is 36. The summed E-state index contributed by atoms with van der Waals surface area (Å²) >= 11 is 14.8. The van der Waals surface area contributed by atoms with Crippen LogP contribution in [0.3, 0.4) is 0 Å². The molecule has 4 saturated heterocycles. The number of nitrogens with one attached hydrogen (secondary N) is 8. The number of H-pyrrole nitrogens is 4. The molecule has 2 unspecified atom stereocenters. The van der Waals surface area contributed by atoms with Crippen LogP contribution in [-0.2, 0) is 85.7 Å². The number of anilines is 4. The molecule has 0 bridgehead atoms. The van der Waals surface area contributed by atoms with Gasteiger partial charge in [0.1, 0.15) is 37.3 Å². The van der Waals surface area contributed by atoms with Gasteiger partial charge < -0.3 is 56.7 Å². The Labute approximate surface area is 798 Å². The Morgan fingerprint density at radius 3 is 1.39 bits per heavy atom. The average molecular weight is 2000 g/mol. The maximum atomic E-state index is 12.9. The molecule has 2 aromatic carbocycles. The van der Waals surface area contributed by atoms with E-state index in [2.05, 4.69) is 116 Å². The number of benzene rings is 2. The van der Waals surface area contributed by atoms with E-state index in [9.17, 15) is 48.4 Å². The highest BCUT2D eigenvalue weighted by atomic mass is 32.5. The van der Waals surface area contributed by atoms with Crippen molar-refractivity contribution in [2.45, 2.75) is 160 Å². The van der Waals surface area contributed by atoms with Gasteiger partial charge in [-0.05, 0) is 60.4 Å². The molecule has 0 saturated carbocycles. The number of carbonyl (C=O) groups excluding carboxylic acids is 4. The van der Waals surface area contributed by atoms with Crippen molar-refractivity contribution in [2.24, 2.45) is 11.8 Å². The Bertz CT molecular complexity index is 6170. The number of nitriles is 3. The van der Waals surface area contributed by atoms with Crippen molar-refractivity contribution in [1.29, 1.82) is 15.8 Å². The molecule has 16 rings (SSSR count). The summed E-state index contributed by atoms with van der Waals surface area (Å²) in [5.41, 5.74) is 1.49. The fourth-order valence-electron chi connectivity index (χ4n) is 13.7. The second-order valence-electron chi connectivity index (χ2n) is 29.9. The van der Waals surface area contributed by atoms with Gasteiger partial charge in [0.05, 0.1) is 119 Å². The van der Waals surface area contributed by atoms with Gasteiger partial charge in [-0.25, -0.2) is 59.0 Å². The summed E-state index contributed by atoms with van der Waals surface area (Å²) in [4.78, 5) is 131. The van der Waals surface area contributed by atoms with Crippen LogP contribution >= 0.6 is 71.4 Å². The summed E-state index contributed by atoms with van der Waals surface area (Å²) in [6, 6.07) is 35.0. The third-order valence-corrected chi connectivity index (χ3v) is 24.8. The van der Waals surface area contributed by atoms with Crippen molar-refractivity contribution >= 4 is 175 Å². The highest BCUT2D eigenvalue weighted by molar-refractivity contribution is 8.07. The summed E-state index contributed by atoms with van der Waals surface area (Å²) in [6.07, 6.45) is 9.75. The molecular weight excluding hydrogens is 1910 g/mol. The largest absolute Gasteiger partial charge is 0.352 e. The van der Waals surface area contributed by atoms with Crippen molar-refractivity contribution in [3.8, 4) is 18.2 Å². The summed E-state index contributed by atoms with van der Waals surface area (Å²) < 4.78 is 104. The predicted molar refractivity (Wildman–Crippen MR) is 502 cm³/mol. The predicted octanol–water partition coefficient (Wildman–Crippen LogP) is 11.3. The molecule has 14 atom stereocenters. The lowest BCUT2D eigenvalue weighted by Crippen LogP contribution is -2.25. The van der Waals surface area contributed by atoms with E-state index in [1.807, 2.05) is 85.5 Å². The monoisotopic (exact) mass is 2000 g/mol. The Morgan fingerprint density at radius 2 is 0.970 bits per heavy atom. The van der Waals surface area contributed by atoms with Crippen molar-refractivity contribution < 1.29 is 93.4 Å². The number of hydrogen-bond donors (Lipinski definition) is 8. The number of imidazole rings is 4. The van der Waals surface area contributed by atoms with Gasteiger partial charge in [0, 0.05) is 79.8 Å². The van der Waals surface area contributed by atoms with Crippen LogP contribution < -0.4 is 42.4 Å². The van der Waals surface area contributed by atoms with Crippen molar-refractivity contribution in [2.75, 3.05) is 59.2 Å². The van der Waals surface area contributed by atoms with E-state index in [1.54, 1.807) is 104 Å². The van der Waals surface area contributed by atoms with E-state index in [-0.39, 0.29) is 153 Å². The van der Waals surface area contributed by atoms with Gasteiger partial charge in [0.25, 0.3) is 22.9 Å². The highest BCUT2D eigenvalue weighted by Gasteiger charge is 2.46. The first-order chi connectivity index (χ1) is 65.1.